The molecule has 0 saturated carbocycles. The predicted octanol–water partition coefficient (Wildman–Crippen LogP) is 2.37. The lowest BCUT2D eigenvalue weighted by Gasteiger charge is -2.29. The van der Waals surface area contributed by atoms with E-state index in [-0.39, 0.29) is 17.9 Å². The molecule has 146 valence electrons. The first-order chi connectivity index (χ1) is 13.6. The van der Waals surface area contributed by atoms with E-state index in [1.54, 1.807) is 31.1 Å². The highest BCUT2D eigenvalue weighted by Crippen LogP contribution is 2.31. The molecule has 1 aromatic carbocycles. The maximum Gasteiger partial charge on any atom is 0.257 e. The van der Waals surface area contributed by atoms with E-state index in [0.29, 0.717) is 30.8 Å². The molecule has 3 heterocycles. The molecule has 0 N–H and O–H groups in total. The maximum atomic E-state index is 12.9. The topological polar surface area (TPSA) is 75.6 Å². The van der Waals surface area contributed by atoms with E-state index in [4.69, 9.17) is 9.72 Å². The van der Waals surface area contributed by atoms with Gasteiger partial charge in [0.15, 0.2) is 5.82 Å². The van der Waals surface area contributed by atoms with Crippen molar-refractivity contribution in [1.82, 2.24) is 19.8 Å². The van der Waals surface area contributed by atoms with Crippen molar-refractivity contribution < 1.29 is 14.3 Å². The molecule has 2 aromatic rings. The van der Waals surface area contributed by atoms with Gasteiger partial charge < -0.3 is 14.5 Å². The normalized spacial score (nSPS) is 18.7. The summed E-state index contributed by atoms with van der Waals surface area (Å²) in [5.41, 5.74) is 2.50. The second kappa shape index (κ2) is 7.58. The molecule has 1 saturated heterocycles. The van der Waals surface area contributed by atoms with Crippen molar-refractivity contribution in [2.75, 3.05) is 20.2 Å². The van der Waals surface area contributed by atoms with Gasteiger partial charge in [-0.15, -0.1) is 0 Å². The number of para-hydroxylation sites is 1. The van der Waals surface area contributed by atoms with Crippen LogP contribution in [-0.4, -0.2) is 51.8 Å². The number of fused-ring (bicyclic) bond motifs is 1. The Morgan fingerprint density at radius 3 is 2.82 bits per heavy atom. The largest absolute Gasteiger partial charge is 0.496 e. The summed E-state index contributed by atoms with van der Waals surface area (Å²) >= 11 is 0. The summed E-state index contributed by atoms with van der Waals surface area (Å²) in [5, 5.41) is 0. The zero-order valence-electron chi connectivity index (χ0n) is 16.2. The average molecular weight is 380 g/mol. The van der Waals surface area contributed by atoms with Crippen molar-refractivity contribution in [3.8, 4) is 5.75 Å². The Kier molecular flexibility index (Phi) is 4.98. The summed E-state index contributed by atoms with van der Waals surface area (Å²) in [5.74, 6) is 1.31. The Labute approximate surface area is 164 Å². The number of carbonyl (C=O) groups is 2. The highest BCUT2D eigenvalue weighted by Gasteiger charge is 2.31. The number of nitrogens with zero attached hydrogens (tertiary/aromatic N) is 4. The van der Waals surface area contributed by atoms with Crippen molar-refractivity contribution in [3.63, 3.8) is 0 Å². The highest BCUT2D eigenvalue weighted by molar-refractivity contribution is 5.97. The third kappa shape index (κ3) is 3.32. The molecule has 1 fully saturated rings. The zero-order valence-corrected chi connectivity index (χ0v) is 16.2. The predicted molar refractivity (Wildman–Crippen MR) is 103 cm³/mol. The van der Waals surface area contributed by atoms with Gasteiger partial charge in [0.25, 0.3) is 5.91 Å². The Balaban J connectivity index is 1.54. The number of benzene rings is 1. The van der Waals surface area contributed by atoms with Gasteiger partial charge in [0, 0.05) is 44.7 Å². The van der Waals surface area contributed by atoms with E-state index in [1.807, 2.05) is 23.2 Å². The summed E-state index contributed by atoms with van der Waals surface area (Å²) in [7, 11) is 1.57. The first kappa shape index (κ1) is 18.4. The van der Waals surface area contributed by atoms with E-state index >= 15 is 0 Å². The Morgan fingerprint density at radius 2 is 2.04 bits per heavy atom. The molecule has 2 aliphatic heterocycles. The van der Waals surface area contributed by atoms with Crippen LogP contribution in [0.4, 0.5) is 0 Å². The summed E-state index contributed by atoms with van der Waals surface area (Å²) in [6, 6.07) is 7.24. The van der Waals surface area contributed by atoms with E-state index in [9.17, 15) is 9.59 Å². The highest BCUT2D eigenvalue weighted by atomic mass is 16.5. The SMILES string of the molecule is COc1ccccc1C(=O)N1CCc2nc([C@@H]3CCCN3C(C)=O)ncc2C1. The molecule has 4 rings (SSSR count). The second-order valence-corrected chi connectivity index (χ2v) is 7.25. The van der Waals surface area contributed by atoms with Crippen LogP contribution in [-0.2, 0) is 17.8 Å². The molecule has 1 aromatic heterocycles. The van der Waals surface area contributed by atoms with Gasteiger partial charge in [-0.1, -0.05) is 12.1 Å². The lowest BCUT2D eigenvalue weighted by Crippen LogP contribution is -2.37. The number of methoxy groups -OCH3 is 1. The lowest BCUT2D eigenvalue weighted by atomic mass is 10.0. The van der Waals surface area contributed by atoms with Crippen LogP contribution in [0, 0.1) is 0 Å². The van der Waals surface area contributed by atoms with Crippen molar-refractivity contribution >= 4 is 11.8 Å². The Bertz CT molecular complexity index is 914. The van der Waals surface area contributed by atoms with Crippen LogP contribution < -0.4 is 4.74 Å². The number of carbonyl (C=O) groups excluding carboxylic acids is 2. The fourth-order valence-corrected chi connectivity index (χ4v) is 4.07. The number of aromatic nitrogens is 2. The molecule has 2 amide bonds. The molecule has 0 aliphatic carbocycles. The molecule has 0 bridgehead atoms. The molecule has 0 unspecified atom stereocenters. The fourth-order valence-electron chi connectivity index (χ4n) is 4.07. The summed E-state index contributed by atoms with van der Waals surface area (Å²) in [4.78, 5) is 37.7. The molecule has 28 heavy (non-hydrogen) atoms. The minimum atomic E-state index is -0.0503. The first-order valence-corrected chi connectivity index (χ1v) is 9.62. The van der Waals surface area contributed by atoms with Crippen LogP contribution in [0.3, 0.4) is 0 Å². The van der Waals surface area contributed by atoms with Gasteiger partial charge >= 0.3 is 0 Å². The van der Waals surface area contributed by atoms with Crippen molar-refractivity contribution in [3.05, 3.63) is 53.1 Å². The third-order valence-corrected chi connectivity index (χ3v) is 5.53. The summed E-state index contributed by atoms with van der Waals surface area (Å²) < 4.78 is 5.32. The standard InChI is InChI=1S/C21H24N4O3/c1-14(26)25-10-5-7-18(25)20-22-12-15-13-24(11-9-17(15)23-20)21(27)16-6-3-4-8-19(16)28-2/h3-4,6,8,12,18H,5,7,9-11,13H2,1-2H3/t18-/m0/s1. The maximum absolute atomic E-state index is 12.9. The molecule has 2 aliphatic rings. The van der Waals surface area contributed by atoms with Gasteiger partial charge in [0.05, 0.1) is 24.4 Å². The van der Waals surface area contributed by atoms with E-state index < -0.39 is 0 Å². The molecule has 0 radical (unpaired) electrons. The van der Waals surface area contributed by atoms with Crippen molar-refractivity contribution in [2.24, 2.45) is 0 Å². The van der Waals surface area contributed by atoms with Crippen molar-refractivity contribution in [2.45, 2.75) is 38.8 Å². The van der Waals surface area contributed by atoms with Crippen LogP contribution in [0.5, 0.6) is 5.75 Å². The lowest BCUT2D eigenvalue weighted by molar-refractivity contribution is -0.129. The van der Waals surface area contributed by atoms with Gasteiger partial charge in [0.2, 0.25) is 5.91 Å². The average Bonchev–Trinajstić information content (AvgIpc) is 3.22. The van der Waals surface area contributed by atoms with E-state index in [2.05, 4.69) is 4.98 Å². The van der Waals surface area contributed by atoms with Gasteiger partial charge in [-0.05, 0) is 25.0 Å². The minimum absolute atomic E-state index is 0.0314. The molecule has 7 heteroatoms. The van der Waals surface area contributed by atoms with Gasteiger partial charge in [-0.2, -0.15) is 0 Å². The number of amides is 2. The number of hydrogen-bond acceptors (Lipinski definition) is 5. The van der Waals surface area contributed by atoms with Crippen LogP contribution in [0.1, 0.15) is 53.2 Å². The zero-order chi connectivity index (χ0) is 19.7. The molecule has 0 spiro atoms. The smallest absolute Gasteiger partial charge is 0.257 e. The quantitative estimate of drug-likeness (QED) is 0.817. The summed E-state index contributed by atoms with van der Waals surface area (Å²) in [6.07, 6.45) is 4.37. The molecule has 7 nitrogen and oxygen atoms in total. The minimum Gasteiger partial charge on any atom is -0.496 e. The van der Waals surface area contributed by atoms with E-state index in [1.165, 1.54) is 0 Å². The van der Waals surface area contributed by atoms with Crippen LogP contribution in [0.25, 0.3) is 0 Å². The monoisotopic (exact) mass is 380 g/mol. The molecular weight excluding hydrogens is 356 g/mol. The third-order valence-electron chi connectivity index (χ3n) is 5.53. The van der Waals surface area contributed by atoms with Crippen LogP contribution >= 0.6 is 0 Å². The molecule has 1 atom stereocenters. The number of likely N-dealkylation sites (tertiary alicyclic amines) is 1. The fraction of sp³-hybridized carbons (Fsp3) is 0.429. The van der Waals surface area contributed by atoms with Gasteiger partial charge in [-0.25, -0.2) is 9.97 Å². The first-order valence-electron chi connectivity index (χ1n) is 9.62. The van der Waals surface area contributed by atoms with Gasteiger partial charge in [-0.3, -0.25) is 9.59 Å². The van der Waals surface area contributed by atoms with E-state index in [0.717, 1.165) is 36.5 Å². The van der Waals surface area contributed by atoms with Crippen LogP contribution in [0.2, 0.25) is 0 Å². The second-order valence-electron chi connectivity index (χ2n) is 7.25. The number of hydrogen-bond donors (Lipinski definition) is 0. The Morgan fingerprint density at radius 1 is 1.21 bits per heavy atom. The Hall–Kier alpha value is -2.96. The number of ether oxygens (including phenoxy) is 1. The van der Waals surface area contributed by atoms with Gasteiger partial charge in [0.1, 0.15) is 5.75 Å². The molecular formula is C21H24N4O3. The van der Waals surface area contributed by atoms with Crippen LogP contribution in [0.15, 0.2) is 30.5 Å². The number of rotatable bonds is 3. The van der Waals surface area contributed by atoms with Crippen molar-refractivity contribution in [1.29, 1.82) is 0 Å². The summed E-state index contributed by atoms with van der Waals surface area (Å²) in [6.45, 7) is 3.44.